The average molecular weight is 346 g/mol. The highest BCUT2D eigenvalue weighted by Crippen LogP contribution is 2.35. The third-order valence-electron chi connectivity index (χ3n) is 4.20. The summed E-state index contributed by atoms with van der Waals surface area (Å²) in [5.74, 6) is -1.80. The molecule has 0 spiro atoms. The van der Waals surface area contributed by atoms with Gasteiger partial charge in [0.15, 0.2) is 17.9 Å². The minimum atomic E-state index is -1.10. The van der Waals surface area contributed by atoms with Gasteiger partial charge in [0.05, 0.1) is 24.6 Å². The van der Waals surface area contributed by atoms with Gasteiger partial charge in [-0.15, -0.1) is 0 Å². The first-order valence-electron chi connectivity index (χ1n) is 7.97. The van der Waals surface area contributed by atoms with Crippen LogP contribution in [0.15, 0.2) is 40.9 Å². The molecule has 1 atom stereocenters. The van der Waals surface area contributed by atoms with Crippen molar-refractivity contribution < 1.29 is 22.8 Å². The SMILES string of the molecule is CC(Nc1noc2c(F)c(F)c(C3OCCO3)cc12)c1ccccc1. The Bertz CT molecular complexity index is 892. The monoisotopic (exact) mass is 346 g/mol. The van der Waals surface area contributed by atoms with E-state index < -0.39 is 17.9 Å². The Morgan fingerprint density at radius 1 is 1.12 bits per heavy atom. The number of rotatable bonds is 4. The molecule has 0 aliphatic carbocycles. The molecule has 0 radical (unpaired) electrons. The van der Waals surface area contributed by atoms with Gasteiger partial charge >= 0.3 is 0 Å². The zero-order valence-electron chi connectivity index (χ0n) is 13.5. The van der Waals surface area contributed by atoms with Crippen LogP contribution >= 0.6 is 0 Å². The van der Waals surface area contributed by atoms with E-state index in [9.17, 15) is 8.78 Å². The Balaban J connectivity index is 1.72. The molecule has 1 unspecified atom stereocenters. The third kappa shape index (κ3) is 2.85. The van der Waals surface area contributed by atoms with E-state index in [4.69, 9.17) is 14.0 Å². The average Bonchev–Trinajstić information content (AvgIpc) is 3.29. The molecule has 5 nitrogen and oxygen atoms in total. The van der Waals surface area contributed by atoms with Crippen molar-refractivity contribution in [2.24, 2.45) is 0 Å². The van der Waals surface area contributed by atoms with E-state index >= 15 is 0 Å². The van der Waals surface area contributed by atoms with Crippen LogP contribution < -0.4 is 5.32 Å². The molecule has 25 heavy (non-hydrogen) atoms. The van der Waals surface area contributed by atoms with Crippen molar-refractivity contribution in [1.29, 1.82) is 0 Å². The fourth-order valence-electron chi connectivity index (χ4n) is 2.88. The number of hydrogen-bond donors (Lipinski definition) is 1. The Labute approximate surface area is 142 Å². The molecule has 4 rings (SSSR count). The number of ether oxygens (including phenoxy) is 2. The molecule has 2 heterocycles. The van der Waals surface area contributed by atoms with E-state index in [0.29, 0.717) is 24.4 Å². The molecule has 7 heteroatoms. The molecule has 0 amide bonds. The Hall–Kier alpha value is -2.51. The number of benzene rings is 2. The first-order valence-corrected chi connectivity index (χ1v) is 7.97. The number of fused-ring (bicyclic) bond motifs is 1. The van der Waals surface area contributed by atoms with Crippen molar-refractivity contribution in [3.8, 4) is 0 Å². The zero-order chi connectivity index (χ0) is 17.4. The van der Waals surface area contributed by atoms with Crippen LogP contribution in [0, 0.1) is 11.6 Å². The highest BCUT2D eigenvalue weighted by Gasteiger charge is 2.28. The van der Waals surface area contributed by atoms with Gasteiger partial charge in [0, 0.05) is 5.56 Å². The molecule has 130 valence electrons. The van der Waals surface area contributed by atoms with Crippen molar-refractivity contribution in [3.05, 3.63) is 59.2 Å². The van der Waals surface area contributed by atoms with E-state index in [1.807, 2.05) is 37.3 Å². The summed E-state index contributed by atoms with van der Waals surface area (Å²) in [7, 11) is 0. The van der Waals surface area contributed by atoms with E-state index in [-0.39, 0.29) is 17.2 Å². The summed E-state index contributed by atoms with van der Waals surface area (Å²) in [6.45, 7) is 2.62. The summed E-state index contributed by atoms with van der Waals surface area (Å²) >= 11 is 0. The molecule has 1 aromatic heterocycles. The fourth-order valence-corrected chi connectivity index (χ4v) is 2.88. The van der Waals surface area contributed by atoms with E-state index in [0.717, 1.165) is 5.56 Å². The highest BCUT2D eigenvalue weighted by molar-refractivity contribution is 5.89. The molecular formula is C18H16F2N2O3. The summed E-state index contributed by atoms with van der Waals surface area (Å²) in [6, 6.07) is 11.1. The second kappa shape index (κ2) is 6.42. The fraction of sp³-hybridized carbons (Fsp3) is 0.278. The Kier molecular flexibility index (Phi) is 4.10. The van der Waals surface area contributed by atoms with Gasteiger partial charge in [-0.1, -0.05) is 35.5 Å². The summed E-state index contributed by atoms with van der Waals surface area (Å²) < 4.78 is 44.2. The molecule has 2 aromatic carbocycles. The quantitative estimate of drug-likeness (QED) is 0.762. The lowest BCUT2D eigenvalue weighted by Gasteiger charge is -2.14. The van der Waals surface area contributed by atoms with Crippen molar-refractivity contribution in [2.45, 2.75) is 19.3 Å². The van der Waals surface area contributed by atoms with E-state index in [1.165, 1.54) is 6.07 Å². The van der Waals surface area contributed by atoms with Crippen molar-refractivity contribution in [1.82, 2.24) is 5.16 Å². The number of nitrogens with zero attached hydrogens (tertiary/aromatic N) is 1. The maximum absolute atomic E-state index is 14.3. The number of hydrogen-bond acceptors (Lipinski definition) is 5. The summed E-state index contributed by atoms with van der Waals surface area (Å²) in [4.78, 5) is 0. The molecule has 1 aliphatic rings. The Morgan fingerprint density at radius 2 is 1.84 bits per heavy atom. The lowest BCUT2D eigenvalue weighted by Crippen LogP contribution is -2.07. The Morgan fingerprint density at radius 3 is 2.56 bits per heavy atom. The number of aromatic nitrogens is 1. The molecule has 1 fully saturated rings. The number of halogens is 2. The van der Waals surface area contributed by atoms with Crippen LogP contribution in [-0.4, -0.2) is 18.4 Å². The summed E-state index contributed by atoms with van der Waals surface area (Å²) in [5, 5.41) is 7.37. The summed E-state index contributed by atoms with van der Waals surface area (Å²) in [6.07, 6.45) is -0.923. The van der Waals surface area contributed by atoms with E-state index in [2.05, 4.69) is 10.5 Å². The second-order valence-corrected chi connectivity index (χ2v) is 5.85. The zero-order valence-corrected chi connectivity index (χ0v) is 13.5. The van der Waals surface area contributed by atoms with Gasteiger partial charge in [0.2, 0.25) is 11.4 Å². The van der Waals surface area contributed by atoms with Gasteiger partial charge in [-0.2, -0.15) is 4.39 Å². The summed E-state index contributed by atoms with van der Waals surface area (Å²) in [5.41, 5.74) is 0.798. The molecule has 1 N–H and O–H groups in total. The topological polar surface area (TPSA) is 56.5 Å². The van der Waals surface area contributed by atoms with Gasteiger partial charge in [0.1, 0.15) is 0 Å². The van der Waals surface area contributed by atoms with Crippen molar-refractivity contribution >= 4 is 16.8 Å². The first kappa shape index (κ1) is 16.0. The third-order valence-corrected chi connectivity index (χ3v) is 4.20. The van der Waals surface area contributed by atoms with Crippen LogP contribution in [0.3, 0.4) is 0 Å². The maximum Gasteiger partial charge on any atom is 0.207 e. The van der Waals surface area contributed by atoms with E-state index in [1.54, 1.807) is 0 Å². The van der Waals surface area contributed by atoms with Crippen molar-refractivity contribution in [3.63, 3.8) is 0 Å². The van der Waals surface area contributed by atoms with Crippen LogP contribution in [-0.2, 0) is 9.47 Å². The van der Waals surface area contributed by atoms with Gasteiger partial charge in [-0.25, -0.2) is 4.39 Å². The van der Waals surface area contributed by atoms with Crippen LogP contribution in [0.2, 0.25) is 0 Å². The molecular weight excluding hydrogens is 330 g/mol. The van der Waals surface area contributed by atoms with Crippen LogP contribution in [0.1, 0.15) is 30.4 Å². The van der Waals surface area contributed by atoms with Crippen LogP contribution in [0.4, 0.5) is 14.6 Å². The minimum absolute atomic E-state index is 0.00103. The molecule has 0 bridgehead atoms. The number of anilines is 1. The van der Waals surface area contributed by atoms with Gasteiger partial charge < -0.3 is 19.3 Å². The molecule has 1 saturated heterocycles. The maximum atomic E-state index is 14.3. The lowest BCUT2D eigenvalue weighted by molar-refractivity contribution is -0.0467. The minimum Gasteiger partial charge on any atom is -0.360 e. The highest BCUT2D eigenvalue weighted by atomic mass is 19.2. The van der Waals surface area contributed by atoms with Crippen LogP contribution in [0.5, 0.6) is 0 Å². The van der Waals surface area contributed by atoms with Gasteiger partial charge in [0.25, 0.3) is 0 Å². The first-order chi connectivity index (χ1) is 12.1. The van der Waals surface area contributed by atoms with Crippen LogP contribution in [0.25, 0.3) is 11.0 Å². The van der Waals surface area contributed by atoms with Gasteiger partial charge in [-0.3, -0.25) is 0 Å². The predicted octanol–water partition coefficient (Wildman–Crippen LogP) is 4.32. The van der Waals surface area contributed by atoms with Crippen molar-refractivity contribution in [2.75, 3.05) is 18.5 Å². The second-order valence-electron chi connectivity index (χ2n) is 5.85. The smallest absolute Gasteiger partial charge is 0.207 e. The lowest BCUT2D eigenvalue weighted by atomic mass is 10.1. The standard InChI is InChI=1S/C18H16F2N2O3/c1-10(11-5-3-2-4-6-11)21-17-13-9-12(18-23-7-8-24-18)14(19)15(20)16(13)25-22-17/h2-6,9-10,18H,7-8H2,1H3,(H,21,22). The molecule has 0 saturated carbocycles. The normalized spacial score (nSPS) is 16.4. The number of nitrogens with one attached hydrogen (secondary N) is 1. The van der Waals surface area contributed by atoms with Gasteiger partial charge in [-0.05, 0) is 18.6 Å². The largest absolute Gasteiger partial charge is 0.360 e. The molecule has 1 aliphatic heterocycles. The predicted molar refractivity (Wildman–Crippen MR) is 87.0 cm³/mol. The molecule has 3 aromatic rings.